The lowest BCUT2D eigenvalue weighted by atomic mass is 10.1. The van der Waals surface area contributed by atoms with Gasteiger partial charge >= 0.3 is 0 Å². The van der Waals surface area contributed by atoms with E-state index in [4.69, 9.17) is 9.29 Å². The summed E-state index contributed by atoms with van der Waals surface area (Å²) in [6.45, 7) is 0.787. The van der Waals surface area contributed by atoms with Gasteiger partial charge in [0.25, 0.3) is 10.1 Å². The van der Waals surface area contributed by atoms with E-state index in [1.54, 1.807) is 11.3 Å². The van der Waals surface area contributed by atoms with Crippen LogP contribution in [-0.2, 0) is 10.1 Å². The lowest BCUT2D eigenvalue weighted by Gasteiger charge is -2.03. The van der Waals surface area contributed by atoms with Crippen molar-refractivity contribution in [1.29, 1.82) is 0 Å². The number of hydrogen-bond acceptors (Lipinski definition) is 4. The fourth-order valence-electron chi connectivity index (χ4n) is 1.97. The molecule has 116 valence electrons. The SMILES string of the molecule is O=S(=O)(O)CCCCCCCCCCOc1cccs1. The van der Waals surface area contributed by atoms with Crippen molar-refractivity contribution in [1.82, 2.24) is 0 Å². The highest BCUT2D eigenvalue weighted by Crippen LogP contribution is 2.18. The normalized spacial score (nSPS) is 11.7. The summed E-state index contributed by atoms with van der Waals surface area (Å²) in [6.07, 6.45) is 8.27. The van der Waals surface area contributed by atoms with Crippen LogP contribution in [-0.4, -0.2) is 25.3 Å². The highest BCUT2D eigenvalue weighted by Gasteiger charge is 2.02. The maximum Gasteiger partial charge on any atom is 0.264 e. The van der Waals surface area contributed by atoms with Gasteiger partial charge in [-0.3, -0.25) is 4.55 Å². The van der Waals surface area contributed by atoms with Gasteiger partial charge < -0.3 is 4.74 Å². The van der Waals surface area contributed by atoms with Crippen LogP contribution in [0.15, 0.2) is 17.5 Å². The second kappa shape index (κ2) is 10.2. The van der Waals surface area contributed by atoms with Gasteiger partial charge in [-0.25, -0.2) is 0 Å². The quantitative estimate of drug-likeness (QED) is 0.464. The molecule has 0 aliphatic heterocycles. The van der Waals surface area contributed by atoms with Crippen molar-refractivity contribution >= 4 is 21.5 Å². The van der Waals surface area contributed by atoms with Crippen LogP contribution in [0.25, 0.3) is 0 Å². The van der Waals surface area contributed by atoms with E-state index >= 15 is 0 Å². The summed E-state index contributed by atoms with van der Waals surface area (Å²) in [5, 5.41) is 3.00. The first-order valence-corrected chi connectivity index (χ1v) is 9.68. The summed E-state index contributed by atoms with van der Waals surface area (Å²) in [6, 6.07) is 3.97. The Morgan fingerprint density at radius 3 is 2.15 bits per heavy atom. The third-order valence-electron chi connectivity index (χ3n) is 3.04. The fourth-order valence-corrected chi connectivity index (χ4v) is 3.13. The number of rotatable bonds is 12. The van der Waals surface area contributed by atoms with Crippen molar-refractivity contribution in [3.8, 4) is 5.06 Å². The molecule has 0 bridgehead atoms. The number of ether oxygens (including phenoxy) is 1. The first kappa shape index (κ1) is 17.5. The molecule has 0 aliphatic rings. The topological polar surface area (TPSA) is 63.6 Å². The van der Waals surface area contributed by atoms with Crippen LogP contribution in [0.1, 0.15) is 51.4 Å². The van der Waals surface area contributed by atoms with Gasteiger partial charge in [0.1, 0.15) is 0 Å². The highest BCUT2D eigenvalue weighted by molar-refractivity contribution is 7.85. The molecule has 0 unspecified atom stereocenters. The number of thiophene rings is 1. The third kappa shape index (κ3) is 10.2. The van der Waals surface area contributed by atoms with Gasteiger partial charge in [0.15, 0.2) is 5.06 Å². The van der Waals surface area contributed by atoms with Crippen LogP contribution >= 0.6 is 11.3 Å². The minimum atomic E-state index is -3.76. The molecule has 20 heavy (non-hydrogen) atoms. The molecule has 1 rings (SSSR count). The molecular formula is C14H24O4S2. The Balaban J connectivity index is 1.79. The highest BCUT2D eigenvalue weighted by atomic mass is 32.2. The van der Waals surface area contributed by atoms with Gasteiger partial charge in [0.2, 0.25) is 0 Å². The largest absolute Gasteiger partial charge is 0.484 e. The van der Waals surface area contributed by atoms with E-state index < -0.39 is 10.1 Å². The van der Waals surface area contributed by atoms with Gasteiger partial charge in [-0.2, -0.15) is 8.42 Å². The molecule has 0 aromatic carbocycles. The van der Waals surface area contributed by atoms with Crippen LogP contribution in [0, 0.1) is 0 Å². The van der Waals surface area contributed by atoms with Crippen molar-refractivity contribution in [3.63, 3.8) is 0 Å². The zero-order chi connectivity index (χ0) is 14.7. The molecule has 0 aliphatic carbocycles. The van der Waals surface area contributed by atoms with Crippen molar-refractivity contribution in [3.05, 3.63) is 17.5 Å². The molecule has 0 saturated heterocycles. The molecule has 0 radical (unpaired) electrons. The van der Waals surface area contributed by atoms with Crippen LogP contribution in [0.2, 0.25) is 0 Å². The Morgan fingerprint density at radius 1 is 1.00 bits per heavy atom. The minimum absolute atomic E-state index is 0.104. The summed E-state index contributed by atoms with van der Waals surface area (Å²) in [7, 11) is -3.76. The molecule has 0 amide bonds. The van der Waals surface area contributed by atoms with Gasteiger partial charge in [-0.15, -0.1) is 11.3 Å². The Labute approximate surface area is 125 Å². The monoisotopic (exact) mass is 320 g/mol. The second-order valence-corrected chi connectivity index (χ2v) is 7.38. The summed E-state index contributed by atoms with van der Waals surface area (Å²) in [4.78, 5) is 0. The number of hydrogen-bond donors (Lipinski definition) is 1. The second-order valence-electron chi connectivity index (χ2n) is 4.90. The van der Waals surface area contributed by atoms with E-state index in [1.165, 1.54) is 19.3 Å². The third-order valence-corrected chi connectivity index (χ3v) is 4.62. The lowest BCUT2D eigenvalue weighted by Crippen LogP contribution is -2.03. The molecule has 0 saturated carbocycles. The first-order chi connectivity index (χ1) is 9.58. The van der Waals surface area contributed by atoms with E-state index in [0.29, 0.717) is 6.42 Å². The van der Waals surface area contributed by atoms with E-state index in [2.05, 4.69) is 0 Å². The first-order valence-electron chi connectivity index (χ1n) is 7.19. The van der Waals surface area contributed by atoms with Crippen molar-refractivity contribution in [2.24, 2.45) is 0 Å². The van der Waals surface area contributed by atoms with Crippen LogP contribution < -0.4 is 4.74 Å². The molecule has 4 nitrogen and oxygen atoms in total. The molecule has 1 N–H and O–H groups in total. The van der Waals surface area contributed by atoms with Gasteiger partial charge in [-0.1, -0.05) is 38.5 Å². The van der Waals surface area contributed by atoms with Crippen LogP contribution in [0.4, 0.5) is 0 Å². The lowest BCUT2D eigenvalue weighted by molar-refractivity contribution is 0.312. The molecule has 1 aromatic heterocycles. The summed E-state index contributed by atoms with van der Waals surface area (Å²) >= 11 is 1.62. The predicted octanol–water partition coefficient (Wildman–Crippen LogP) is 4.14. The summed E-state index contributed by atoms with van der Waals surface area (Å²) in [5.41, 5.74) is 0. The molecule has 0 spiro atoms. The summed E-state index contributed by atoms with van der Waals surface area (Å²) < 4.78 is 35.1. The van der Waals surface area contributed by atoms with Gasteiger partial charge in [-0.05, 0) is 30.4 Å². The van der Waals surface area contributed by atoms with E-state index in [0.717, 1.165) is 37.4 Å². The Kier molecular flexibility index (Phi) is 8.89. The van der Waals surface area contributed by atoms with E-state index in [9.17, 15) is 8.42 Å². The van der Waals surface area contributed by atoms with Crippen molar-refractivity contribution < 1.29 is 17.7 Å². The molecule has 6 heteroatoms. The Bertz CT molecular complexity index is 426. The standard InChI is InChI=1S/C14H24O4S2/c15-20(16,17)13-8-6-4-2-1-3-5-7-11-18-14-10-9-12-19-14/h9-10,12H,1-8,11,13H2,(H,15,16,17). The van der Waals surface area contributed by atoms with E-state index in [1.807, 2.05) is 17.5 Å². The smallest absolute Gasteiger partial charge is 0.264 e. The summed E-state index contributed by atoms with van der Waals surface area (Å²) in [5.74, 6) is -0.104. The minimum Gasteiger partial charge on any atom is -0.484 e. The molecule has 0 atom stereocenters. The van der Waals surface area contributed by atoms with Crippen molar-refractivity contribution in [2.75, 3.05) is 12.4 Å². The maximum absolute atomic E-state index is 10.5. The van der Waals surface area contributed by atoms with Crippen molar-refractivity contribution in [2.45, 2.75) is 51.4 Å². The average molecular weight is 320 g/mol. The predicted molar refractivity (Wildman–Crippen MR) is 83.2 cm³/mol. The Morgan fingerprint density at radius 2 is 1.60 bits per heavy atom. The maximum atomic E-state index is 10.5. The molecule has 1 aromatic rings. The molecule has 1 heterocycles. The molecular weight excluding hydrogens is 296 g/mol. The van der Waals surface area contributed by atoms with Gasteiger partial charge in [0, 0.05) is 0 Å². The zero-order valence-electron chi connectivity index (χ0n) is 11.8. The van der Waals surface area contributed by atoms with Crippen LogP contribution in [0.5, 0.6) is 5.06 Å². The number of unbranched alkanes of at least 4 members (excludes halogenated alkanes) is 7. The average Bonchev–Trinajstić information content (AvgIpc) is 2.87. The fraction of sp³-hybridized carbons (Fsp3) is 0.714. The van der Waals surface area contributed by atoms with Crippen LogP contribution in [0.3, 0.4) is 0 Å². The zero-order valence-corrected chi connectivity index (χ0v) is 13.4. The van der Waals surface area contributed by atoms with E-state index in [-0.39, 0.29) is 5.75 Å². The Hall–Kier alpha value is -0.590. The van der Waals surface area contributed by atoms with Gasteiger partial charge in [0.05, 0.1) is 12.4 Å². The molecule has 0 fully saturated rings.